The van der Waals surface area contributed by atoms with Gasteiger partial charge in [0.2, 0.25) is 5.91 Å². The molecule has 1 aromatic heterocycles. The molecule has 0 fully saturated rings. The quantitative estimate of drug-likeness (QED) is 0.696. The molecular weight excluding hydrogens is 178 g/mol. The predicted octanol–water partition coefficient (Wildman–Crippen LogP) is 0.916. The second-order valence-electron chi connectivity index (χ2n) is 2.98. The molecule has 0 saturated heterocycles. The Kier molecular flexibility index (Phi) is 1.81. The third-order valence-electron chi connectivity index (χ3n) is 2.00. The maximum Gasteiger partial charge on any atom is 0.249 e. The molecule has 70 valence electrons. The molecule has 0 unspecified atom stereocenters. The summed E-state index contributed by atoms with van der Waals surface area (Å²) in [6.07, 6.45) is 0. The van der Waals surface area contributed by atoms with E-state index in [0.717, 1.165) is 5.39 Å². The van der Waals surface area contributed by atoms with E-state index in [0.29, 0.717) is 16.9 Å². The molecule has 0 atom stereocenters. The van der Waals surface area contributed by atoms with E-state index < -0.39 is 5.91 Å². The second kappa shape index (κ2) is 2.99. The summed E-state index contributed by atoms with van der Waals surface area (Å²) in [5.41, 5.74) is 11.9. The fourth-order valence-electron chi connectivity index (χ4n) is 1.40. The Morgan fingerprint density at radius 1 is 1.29 bits per heavy atom. The highest BCUT2D eigenvalue weighted by Gasteiger charge is 2.07. The molecule has 4 nitrogen and oxygen atoms in total. The van der Waals surface area contributed by atoms with Gasteiger partial charge in [0.15, 0.2) is 0 Å². The zero-order valence-corrected chi connectivity index (χ0v) is 7.40. The van der Waals surface area contributed by atoms with E-state index in [9.17, 15) is 4.79 Å². The highest BCUT2D eigenvalue weighted by molar-refractivity contribution is 6.06. The number of carbonyl (C=O) groups is 1. The number of primary amides is 1. The molecule has 0 saturated carbocycles. The normalized spacial score (nSPS) is 10.3. The van der Waals surface area contributed by atoms with Crippen molar-refractivity contribution >= 4 is 22.6 Å². The minimum atomic E-state index is -0.490. The van der Waals surface area contributed by atoms with Gasteiger partial charge >= 0.3 is 0 Å². The van der Waals surface area contributed by atoms with Crippen LogP contribution in [0.4, 0.5) is 5.82 Å². The van der Waals surface area contributed by atoms with Gasteiger partial charge in [0.05, 0.1) is 11.1 Å². The van der Waals surface area contributed by atoms with E-state index in [1.165, 1.54) is 6.07 Å². The number of anilines is 1. The molecule has 1 aromatic carbocycles. The molecule has 0 aliphatic carbocycles. The lowest BCUT2D eigenvalue weighted by Crippen LogP contribution is -2.12. The lowest BCUT2D eigenvalue weighted by Gasteiger charge is -2.03. The van der Waals surface area contributed by atoms with Gasteiger partial charge in [0, 0.05) is 5.39 Å². The molecule has 0 bridgehead atoms. The SMILES string of the molecule is NC(=O)c1cc(N)nc2ccccc12. The molecule has 2 aromatic rings. The second-order valence-corrected chi connectivity index (χ2v) is 2.98. The van der Waals surface area contributed by atoms with E-state index in [4.69, 9.17) is 11.5 Å². The fraction of sp³-hybridized carbons (Fsp3) is 0. The van der Waals surface area contributed by atoms with Crippen molar-refractivity contribution < 1.29 is 4.79 Å². The summed E-state index contributed by atoms with van der Waals surface area (Å²) in [5.74, 6) is -0.187. The first-order valence-corrected chi connectivity index (χ1v) is 4.13. The van der Waals surface area contributed by atoms with Crippen LogP contribution in [0, 0.1) is 0 Å². The summed E-state index contributed by atoms with van der Waals surface area (Å²) in [7, 11) is 0. The first kappa shape index (κ1) is 8.50. The number of rotatable bonds is 1. The van der Waals surface area contributed by atoms with Gasteiger partial charge in [-0.2, -0.15) is 0 Å². The highest BCUT2D eigenvalue weighted by Crippen LogP contribution is 2.18. The van der Waals surface area contributed by atoms with Crippen LogP contribution in [0.3, 0.4) is 0 Å². The summed E-state index contributed by atoms with van der Waals surface area (Å²) < 4.78 is 0. The zero-order chi connectivity index (χ0) is 10.1. The molecule has 0 aliphatic rings. The Morgan fingerprint density at radius 3 is 2.71 bits per heavy atom. The van der Waals surface area contributed by atoms with Crippen LogP contribution in [-0.2, 0) is 0 Å². The molecule has 4 heteroatoms. The number of fused-ring (bicyclic) bond motifs is 1. The predicted molar refractivity (Wildman–Crippen MR) is 54.7 cm³/mol. The maximum atomic E-state index is 11.1. The summed E-state index contributed by atoms with van der Waals surface area (Å²) in [6.45, 7) is 0. The Bertz CT molecular complexity index is 508. The largest absolute Gasteiger partial charge is 0.384 e. The van der Waals surface area contributed by atoms with Crippen LogP contribution in [0.1, 0.15) is 10.4 Å². The third-order valence-corrected chi connectivity index (χ3v) is 2.00. The molecule has 0 aliphatic heterocycles. The first-order chi connectivity index (χ1) is 6.68. The van der Waals surface area contributed by atoms with E-state index in [1.54, 1.807) is 12.1 Å². The standard InChI is InChI=1S/C10H9N3O/c11-9-5-7(10(12)14)6-3-1-2-4-8(6)13-9/h1-5H,(H2,11,13)(H2,12,14). The number of nitrogen functional groups attached to an aromatic ring is 1. The van der Waals surface area contributed by atoms with Crippen molar-refractivity contribution in [2.24, 2.45) is 5.73 Å². The molecule has 4 N–H and O–H groups in total. The van der Waals surface area contributed by atoms with Gasteiger partial charge in [-0.15, -0.1) is 0 Å². The van der Waals surface area contributed by atoms with E-state index in [2.05, 4.69) is 4.98 Å². The average Bonchev–Trinajstić information content (AvgIpc) is 2.16. The molecule has 2 rings (SSSR count). The molecular formula is C10H9N3O. The number of benzene rings is 1. The van der Waals surface area contributed by atoms with Crippen molar-refractivity contribution in [3.05, 3.63) is 35.9 Å². The number of pyridine rings is 1. The van der Waals surface area contributed by atoms with Crippen LogP contribution in [0.15, 0.2) is 30.3 Å². The number of amides is 1. The summed E-state index contributed by atoms with van der Waals surface area (Å²) >= 11 is 0. The Balaban J connectivity index is 2.87. The van der Waals surface area contributed by atoms with Crippen molar-refractivity contribution in [2.75, 3.05) is 5.73 Å². The Morgan fingerprint density at radius 2 is 2.00 bits per heavy atom. The van der Waals surface area contributed by atoms with Gasteiger partial charge in [0.25, 0.3) is 0 Å². The summed E-state index contributed by atoms with van der Waals surface area (Å²) in [4.78, 5) is 15.2. The molecule has 1 heterocycles. The van der Waals surface area contributed by atoms with Gasteiger partial charge < -0.3 is 11.5 Å². The average molecular weight is 187 g/mol. The molecule has 14 heavy (non-hydrogen) atoms. The summed E-state index contributed by atoms with van der Waals surface area (Å²) in [6, 6.07) is 8.73. The number of aromatic nitrogens is 1. The number of hydrogen-bond acceptors (Lipinski definition) is 3. The smallest absolute Gasteiger partial charge is 0.249 e. The van der Waals surface area contributed by atoms with Gasteiger partial charge in [-0.25, -0.2) is 4.98 Å². The minimum Gasteiger partial charge on any atom is -0.384 e. The van der Waals surface area contributed by atoms with Crippen LogP contribution in [0.25, 0.3) is 10.9 Å². The summed E-state index contributed by atoms with van der Waals surface area (Å²) in [5, 5.41) is 0.731. The number of para-hydroxylation sites is 1. The van der Waals surface area contributed by atoms with E-state index in [1.807, 2.05) is 12.1 Å². The lowest BCUT2D eigenvalue weighted by atomic mass is 10.1. The molecule has 0 radical (unpaired) electrons. The molecule has 0 spiro atoms. The van der Waals surface area contributed by atoms with Crippen molar-refractivity contribution in [2.45, 2.75) is 0 Å². The lowest BCUT2D eigenvalue weighted by molar-refractivity contribution is 0.100. The molecule has 1 amide bonds. The number of nitrogens with two attached hydrogens (primary N) is 2. The van der Waals surface area contributed by atoms with E-state index in [-0.39, 0.29) is 0 Å². The fourth-order valence-corrected chi connectivity index (χ4v) is 1.40. The van der Waals surface area contributed by atoms with Gasteiger partial charge in [0.1, 0.15) is 5.82 Å². The van der Waals surface area contributed by atoms with Crippen LogP contribution in [0.2, 0.25) is 0 Å². The minimum absolute atomic E-state index is 0.303. The number of nitrogens with zero attached hydrogens (tertiary/aromatic N) is 1. The maximum absolute atomic E-state index is 11.1. The van der Waals surface area contributed by atoms with Crippen LogP contribution < -0.4 is 11.5 Å². The zero-order valence-electron chi connectivity index (χ0n) is 7.40. The first-order valence-electron chi connectivity index (χ1n) is 4.13. The van der Waals surface area contributed by atoms with Crippen molar-refractivity contribution in [3.63, 3.8) is 0 Å². The van der Waals surface area contributed by atoms with Crippen molar-refractivity contribution in [3.8, 4) is 0 Å². The number of carbonyl (C=O) groups excluding carboxylic acids is 1. The highest BCUT2D eigenvalue weighted by atomic mass is 16.1. The van der Waals surface area contributed by atoms with Crippen molar-refractivity contribution in [1.82, 2.24) is 4.98 Å². The van der Waals surface area contributed by atoms with Gasteiger partial charge in [-0.3, -0.25) is 4.79 Å². The monoisotopic (exact) mass is 187 g/mol. The van der Waals surface area contributed by atoms with Crippen molar-refractivity contribution in [1.29, 1.82) is 0 Å². The van der Waals surface area contributed by atoms with Crippen LogP contribution >= 0.6 is 0 Å². The Hall–Kier alpha value is -2.10. The Labute approximate surface area is 80.5 Å². The topological polar surface area (TPSA) is 82.0 Å². The van der Waals surface area contributed by atoms with Gasteiger partial charge in [-0.05, 0) is 12.1 Å². The van der Waals surface area contributed by atoms with Crippen LogP contribution in [0.5, 0.6) is 0 Å². The van der Waals surface area contributed by atoms with E-state index >= 15 is 0 Å². The number of hydrogen-bond donors (Lipinski definition) is 2. The van der Waals surface area contributed by atoms with Crippen LogP contribution in [-0.4, -0.2) is 10.9 Å². The third kappa shape index (κ3) is 1.26. The van der Waals surface area contributed by atoms with Gasteiger partial charge in [-0.1, -0.05) is 18.2 Å².